The predicted molar refractivity (Wildman–Crippen MR) is 80.0 cm³/mol. The van der Waals surface area contributed by atoms with Crippen molar-refractivity contribution in [1.82, 2.24) is 15.1 Å². The van der Waals surface area contributed by atoms with E-state index in [1.165, 1.54) is 32.1 Å². The normalized spacial score (nSPS) is 22.9. The molecule has 22 heavy (non-hydrogen) atoms. The second-order valence-corrected chi connectivity index (χ2v) is 7.13. The maximum atomic E-state index is 12.5. The monoisotopic (exact) mass is 334 g/mol. The third-order valence-corrected chi connectivity index (χ3v) is 5.52. The molecule has 0 atom stereocenters. The lowest BCUT2D eigenvalue weighted by Crippen LogP contribution is -2.45. The molecule has 0 bridgehead atoms. The second kappa shape index (κ2) is 6.70. The Bertz CT molecular complexity index is 477. The standard InChI is InChI=1S/C14H21F3N4S/c15-14(16,17)12-19-20-13(22-12)18-10-6-8-21(9-7-10)11-4-2-1-3-5-11/h10-11H,1-9H2,(H,18,20). The first-order valence-corrected chi connectivity index (χ1v) is 8.75. The Labute approximate surface area is 132 Å². The molecule has 1 saturated carbocycles. The lowest BCUT2D eigenvalue weighted by molar-refractivity contribution is -0.138. The number of likely N-dealkylation sites (tertiary alicyclic amines) is 1. The number of halogens is 3. The fourth-order valence-corrected chi connectivity index (χ4v) is 4.11. The zero-order valence-corrected chi connectivity index (χ0v) is 13.2. The first kappa shape index (κ1) is 16.0. The van der Waals surface area contributed by atoms with Crippen LogP contribution < -0.4 is 5.32 Å². The fraction of sp³-hybridized carbons (Fsp3) is 0.857. The summed E-state index contributed by atoms with van der Waals surface area (Å²) in [5.74, 6) is 0. The van der Waals surface area contributed by atoms with Crippen LogP contribution in [0.15, 0.2) is 0 Å². The molecular weight excluding hydrogens is 313 g/mol. The van der Waals surface area contributed by atoms with Gasteiger partial charge in [-0.15, -0.1) is 10.2 Å². The maximum absolute atomic E-state index is 12.5. The van der Waals surface area contributed by atoms with E-state index in [-0.39, 0.29) is 11.2 Å². The average Bonchev–Trinajstić information content (AvgIpc) is 2.98. The molecule has 2 fully saturated rings. The van der Waals surface area contributed by atoms with Gasteiger partial charge in [0.15, 0.2) is 0 Å². The summed E-state index contributed by atoms with van der Waals surface area (Å²) in [5, 5.41) is 9.34. The van der Waals surface area contributed by atoms with E-state index in [9.17, 15) is 13.2 Å². The smallest absolute Gasteiger partial charge is 0.357 e. The first-order chi connectivity index (χ1) is 10.5. The summed E-state index contributed by atoms with van der Waals surface area (Å²) in [4.78, 5) is 2.55. The largest absolute Gasteiger partial charge is 0.445 e. The van der Waals surface area contributed by atoms with Crippen LogP contribution in [0.4, 0.5) is 18.3 Å². The van der Waals surface area contributed by atoms with Crippen LogP contribution >= 0.6 is 11.3 Å². The van der Waals surface area contributed by atoms with Crippen molar-refractivity contribution in [2.75, 3.05) is 18.4 Å². The summed E-state index contributed by atoms with van der Waals surface area (Å²) in [7, 11) is 0. The van der Waals surface area contributed by atoms with Crippen LogP contribution in [-0.4, -0.2) is 40.3 Å². The number of hydrogen-bond donors (Lipinski definition) is 1. The summed E-state index contributed by atoms with van der Waals surface area (Å²) in [6.07, 6.45) is 4.11. The summed E-state index contributed by atoms with van der Waals surface area (Å²) in [5.41, 5.74) is 0. The van der Waals surface area contributed by atoms with Crippen molar-refractivity contribution in [3.05, 3.63) is 5.01 Å². The van der Waals surface area contributed by atoms with Crippen LogP contribution in [0.5, 0.6) is 0 Å². The number of alkyl halides is 3. The minimum Gasteiger partial charge on any atom is -0.357 e. The highest BCUT2D eigenvalue weighted by molar-refractivity contribution is 7.15. The van der Waals surface area contributed by atoms with Crippen LogP contribution in [0.1, 0.15) is 50.0 Å². The molecule has 2 aliphatic rings. The van der Waals surface area contributed by atoms with Crippen molar-refractivity contribution >= 4 is 16.5 Å². The van der Waals surface area contributed by atoms with Crippen LogP contribution in [0.2, 0.25) is 0 Å². The maximum Gasteiger partial charge on any atom is 0.445 e. The topological polar surface area (TPSA) is 41.1 Å². The minimum absolute atomic E-state index is 0.203. The molecule has 0 amide bonds. The molecule has 0 unspecified atom stereocenters. The van der Waals surface area contributed by atoms with Gasteiger partial charge in [0.25, 0.3) is 0 Å². The van der Waals surface area contributed by atoms with Gasteiger partial charge in [-0.2, -0.15) is 13.2 Å². The molecule has 1 aromatic rings. The van der Waals surface area contributed by atoms with E-state index >= 15 is 0 Å². The van der Waals surface area contributed by atoms with E-state index in [4.69, 9.17) is 0 Å². The SMILES string of the molecule is FC(F)(F)c1nnc(NC2CCN(C3CCCCC3)CC2)s1. The van der Waals surface area contributed by atoms with Gasteiger partial charge in [-0.05, 0) is 25.7 Å². The number of nitrogens with zero attached hydrogens (tertiary/aromatic N) is 3. The summed E-state index contributed by atoms with van der Waals surface area (Å²) in [6.45, 7) is 2.04. The number of nitrogens with one attached hydrogen (secondary N) is 1. The molecule has 1 aliphatic heterocycles. The Kier molecular flexibility index (Phi) is 4.87. The Morgan fingerprint density at radius 1 is 1.00 bits per heavy atom. The summed E-state index contributed by atoms with van der Waals surface area (Å²) in [6, 6.07) is 0.918. The highest BCUT2D eigenvalue weighted by atomic mass is 32.1. The molecule has 1 aliphatic carbocycles. The minimum atomic E-state index is -4.40. The van der Waals surface area contributed by atoms with Crippen LogP contribution in [0.3, 0.4) is 0 Å². The fourth-order valence-electron chi connectivity index (χ4n) is 3.43. The van der Waals surface area contributed by atoms with E-state index < -0.39 is 11.2 Å². The van der Waals surface area contributed by atoms with Crippen molar-refractivity contribution in [2.24, 2.45) is 0 Å². The molecule has 124 valence electrons. The van der Waals surface area contributed by atoms with E-state index in [1.54, 1.807) is 0 Å². The van der Waals surface area contributed by atoms with Gasteiger partial charge in [0, 0.05) is 25.2 Å². The molecule has 1 N–H and O–H groups in total. The third kappa shape index (κ3) is 3.90. The lowest BCUT2D eigenvalue weighted by Gasteiger charge is -2.39. The number of rotatable bonds is 3. The van der Waals surface area contributed by atoms with Gasteiger partial charge in [-0.3, -0.25) is 0 Å². The number of piperidine rings is 1. The van der Waals surface area contributed by atoms with E-state index in [0.29, 0.717) is 17.4 Å². The summed E-state index contributed by atoms with van der Waals surface area (Å²) >= 11 is 0.590. The molecule has 1 aromatic heterocycles. The molecule has 0 spiro atoms. The predicted octanol–water partition coefficient (Wildman–Crippen LogP) is 3.77. The molecule has 4 nitrogen and oxygen atoms in total. The second-order valence-electron chi connectivity index (χ2n) is 6.16. The Balaban J connectivity index is 1.48. The Morgan fingerprint density at radius 2 is 1.68 bits per heavy atom. The van der Waals surface area contributed by atoms with Crippen LogP contribution in [-0.2, 0) is 6.18 Å². The van der Waals surface area contributed by atoms with Crippen molar-refractivity contribution in [1.29, 1.82) is 0 Å². The molecule has 0 aromatic carbocycles. The molecule has 0 radical (unpaired) electrons. The van der Waals surface area contributed by atoms with Gasteiger partial charge in [0.05, 0.1) is 0 Å². The van der Waals surface area contributed by atoms with Gasteiger partial charge in [-0.25, -0.2) is 0 Å². The van der Waals surface area contributed by atoms with E-state index in [1.807, 2.05) is 0 Å². The third-order valence-electron chi connectivity index (χ3n) is 4.62. The summed E-state index contributed by atoms with van der Waals surface area (Å²) < 4.78 is 37.5. The van der Waals surface area contributed by atoms with Gasteiger partial charge in [0.2, 0.25) is 10.1 Å². The Morgan fingerprint density at radius 3 is 2.27 bits per heavy atom. The number of anilines is 1. The van der Waals surface area contributed by atoms with Gasteiger partial charge in [-0.1, -0.05) is 30.6 Å². The highest BCUT2D eigenvalue weighted by Gasteiger charge is 2.36. The number of hydrogen-bond acceptors (Lipinski definition) is 5. The van der Waals surface area contributed by atoms with Crippen molar-refractivity contribution in [2.45, 2.75) is 63.2 Å². The molecule has 1 saturated heterocycles. The zero-order chi connectivity index (χ0) is 15.6. The van der Waals surface area contributed by atoms with Crippen molar-refractivity contribution in [3.8, 4) is 0 Å². The zero-order valence-electron chi connectivity index (χ0n) is 12.4. The van der Waals surface area contributed by atoms with Crippen LogP contribution in [0.25, 0.3) is 0 Å². The van der Waals surface area contributed by atoms with Gasteiger partial charge in [0.1, 0.15) is 0 Å². The molecule has 2 heterocycles. The highest BCUT2D eigenvalue weighted by Crippen LogP contribution is 2.34. The molecular formula is C14H21F3N4S. The first-order valence-electron chi connectivity index (χ1n) is 7.93. The molecule has 3 rings (SSSR count). The van der Waals surface area contributed by atoms with Gasteiger partial charge >= 0.3 is 6.18 Å². The lowest BCUT2D eigenvalue weighted by atomic mass is 9.92. The average molecular weight is 334 g/mol. The number of aromatic nitrogens is 2. The van der Waals surface area contributed by atoms with Crippen molar-refractivity contribution in [3.63, 3.8) is 0 Å². The van der Waals surface area contributed by atoms with E-state index in [2.05, 4.69) is 20.4 Å². The van der Waals surface area contributed by atoms with E-state index in [0.717, 1.165) is 25.9 Å². The molecule has 8 heteroatoms. The van der Waals surface area contributed by atoms with Crippen LogP contribution in [0, 0.1) is 0 Å². The Hall–Kier alpha value is -0.890. The van der Waals surface area contributed by atoms with Gasteiger partial charge < -0.3 is 10.2 Å². The quantitative estimate of drug-likeness (QED) is 0.914. The van der Waals surface area contributed by atoms with Crippen molar-refractivity contribution < 1.29 is 13.2 Å².